The highest BCUT2D eigenvalue weighted by Crippen LogP contribution is 2.33. The number of nitrogens with two attached hydrogens (primary N) is 1. The molecule has 1 aliphatic carbocycles. The number of hydrogen-bond acceptors (Lipinski definition) is 3. The number of nitrogens with zero attached hydrogens (tertiary/aromatic N) is 1. The summed E-state index contributed by atoms with van der Waals surface area (Å²) in [5.41, 5.74) is 5.20. The van der Waals surface area contributed by atoms with E-state index in [1.54, 1.807) is 6.07 Å². The maximum atomic E-state index is 13.0. The van der Waals surface area contributed by atoms with Crippen molar-refractivity contribution in [2.75, 3.05) is 5.32 Å². The van der Waals surface area contributed by atoms with E-state index in [-0.39, 0.29) is 11.5 Å². The molecule has 0 saturated heterocycles. The number of halogens is 1. The molecule has 0 spiro atoms. The molecule has 3 N–H and O–H groups in total. The Morgan fingerprint density at radius 3 is 2.81 bits per heavy atom. The number of hydrogen-bond donors (Lipinski definition) is 2. The normalized spacial score (nSPS) is 16.3. The number of rotatable bonds is 2. The van der Waals surface area contributed by atoms with Gasteiger partial charge in [-0.25, -0.2) is 4.39 Å². The molecule has 0 unspecified atom stereocenters. The van der Waals surface area contributed by atoms with E-state index in [1.807, 2.05) is 0 Å². The van der Waals surface area contributed by atoms with Gasteiger partial charge in [0.1, 0.15) is 11.9 Å². The van der Waals surface area contributed by atoms with Gasteiger partial charge >= 0.3 is 0 Å². The van der Waals surface area contributed by atoms with Crippen molar-refractivity contribution in [2.24, 2.45) is 5.73 Å². The van der Waals surface area contributed by atoms with Crippen LogP contribution in [0.2, 0.25) is 0 Å². The van der Waals surface area contributed by atoms with Crippen LogP contribution in [0.1, 0.15) is 18.4 Å². The summed E-state index contributed by atoms with van der Waals surface area (Å²) in [7, 11) is 0. The zero-order valence-electron chi connectivity index (χ0n) is 8.46. The summed E-state index contributed by atoms with van der Waals surface area (Å²) < 4.78 is 13.0. The van der Waals surface area contributed by atoms with Crippen LogP contribution < -0.4 is 11.1 Å². The van der Waals surface area contributed by atoms with E-state index in [2.05, 4.69) is 5.32 Å². The molecule has 82 valence electrons. The Labute approximate surface area is 91.9 Å². The molecule has 1 fully saturated rings. The number of anilines is 1. The SMILES string of the molecule is N#Cc1cc(NC(=O)C2(N)CC2)ccc1F. The lowest BCUT2D eigenvalue weighted by Gasteiger charge is -2.10. The Kier molecular flexibility index (Phi) is 2.37. The maximum Gasteiger partial charge on any atom is 0.244 e. The van der Waals surface area contributed by atoms with Crippen LogP contribution in [-0.4, -0.2) is 11.4 Å². The van der Waals surface area contributed by atoms with Crippen LogP contribution >= 0.6 is 0 Å². The van der Waals surface area contributed by atoms with Crippen LogP contribution in [0.15, 0.2) is 18.2 Å². The van der Waals surface area contributed by atoms with Crippen LogP contribution in [0.25, 0.3) is 0 Å². The first-order valence-electron chi connectivity index (χ1n) is 4.85. The van der Waals surface area contributed by atoms with Gasteiger partial charge in [0.05, 0.1) is 11.1 Å². The van der Waals surface area contributed by atoms with Gasteiger partial charge in [0.2, 0.25) is 5.91 Å². The summed E-state index contributed by atoms with van der Waals surface area (Å²) in [6, 6.07) is 5.54. The van der Waals surface area contributed by atoms with E-state index in [0.29, 0.717) is 18.5 Å². The second-order valence-corrected chi connectivity index (χ2v) is 3.92. The van der Waals surface area contributed by atoms with Crippen LogP contribution in [0.5, 0.6) is 0 Å². The fourth-order valence-electron chi connectivity index (χ4n) is 1.31. The second-order valence-electron chi connectivity index (χ2n) is 3.92. The number of carbonyl (C=O) groups excluding carboxylic acids is 1. The molecular weight excluding hydrogens is 209 g/mol. The summed E-state index contributed by atoms with van der Waals surface area (Å²) in [6.45, 7) is 0. The molecule has 1 aliphatic rings. The Morgan fingerprint density at radius 1 is 1.56 bits per heavy atom. The number of nitriles is 1. The Balaban J connectivity index is 2.16. The standard InChI is InChI=1S/C11H10FN3O/c12-9-2-1-8(5-7(9)6-13)15-10(16)11(14)3-4-11/h1-2,5H,3-4,14H2,(H,15,16). The molecule has 0 heterocycles. The summed E-state index contributed by atoms with van der Waals surface area (Å²) in [4.78, 5) is 11.6. The fraction of sp³-hybridized carbons (Fsp3) is 0.273. The molecule has 0 bridgehead atoms. The Morgan fingerprint density at radius 2 is 2.25 bits per heavy atom. The molecule has 5 heteroatoms. The Bertz CT molecular complexity index is 488. The van der Waals surface area contributed by atoms with Crippen molar-refractivity contribution in [3.05, 3.63) is 29.6 Å². The van der Waals surface area contributed by atoms with E-state index in [4.69, 9.17) is 11.0 Å². The van der Waals surface area contributed by atoms with Crippen LogP contribution in [0.3, 0.4) is 0 Å². The van der Waals surface area contributed by atoms with Crippen molar-refractivity contribution in [3.8, 4) is 6.07 Å². The predicted octanol–water partition coefficient (Wildman–Crippen LogP) is 1.13. The Hall–Kier alpha value is -1.93. The van der Waals surface area contributed by atoms with Gasteiger partial charge in [0.25, 0.3) is 0 Å². The third-order valence-electron chi connectivity index (χ3n) is 2.59. The number of benzene rings is 1. The molecular formula is C11H10FN3O. The lowest BCUT2D eigenvalue weighted by atomic mass is 10.2. The molecule has 0 aromatic heterocycles. The van der Waals surface area contributed by atoms with Gasteiger partial charge in [-0.3, -0.25) is 4.79 Å². The average Bonchev–Trinajstić information content (AvgIpc) is 3.01. The van der Waals surface area contributed by atoms with Crippen molar-refractivity contribution in [2.45, 2.75) is 18.4 Å². The molecule has 4 nitrogen and oxygen atoms in total. The summed E-state index contributed by atoms with van der Waals surface area (Å²) in [5.74, 6) is -0.891. The van der Waals surface area contributed by atoms with Gasteiger partial charge in [-0.05, 0) is 31.0 Å². The quantitative estimate of drug-likeness (QED) is 0.782. The summed E-state index contributed by atoms with van der Waals surface area (Å²) >= 11 is 0. The second kappa shape index (κ2) is 3.58. The molecule has 0 atom stereocenters. The molecule has 1 saturated carbocycles. The highest BCUT2D eigenvalue weighted by atomic mass is 19.1. The lowest BCUT2D eigenvalue weighted by Crippen LogP contribution is -2.37. The number of amides is 1. The van der Waals surface area contributed by atoms with Gasteiger partial charge in [0, 0.05) is 5.69 Å². The first-order chi connectivity index (χ1) is 7.55. The van der Waals surface area contributed by atoms with Crippen molar-refractivity contribution < 1.29 is 9.18 Å². The monoisotopic (exact) mass is 219 g/mol. The zero-order chi connectivity index (χ0) is 11.8. The fourth-order valence-corrected chi connectivity index (χ4v) is 1.31. The van der Waals surface area contributed by atoms with Crippen LogP contribution in [0, 0.1) is 17.1 Å². The third kappa shape index (κ3) is 1.88. The molecule has 1 amide bonds. The van der Waals surface area contributed by atoms with Gasteiger partial charge in [0.15, 0.2) is 0 Å². The van der Waals surface area contributed by atoms with Gasteiger partial charge in [-0.2, -0.15) is 5.26 Å². The lowest BCUT2D eigenvalue weighted by molar-refractivity contribution is -0.118. The van der Waals surface area contributed by atoms with Gasteiger partial charge < -0.3 is 11.1 Å². The van der Waals surface area contributed by atoms with Crippen LogP contribution in [0.4, 0.5) is 10.1 Å². The van der Waals surface area contributed by atoms with Gasteiger partial charge in [-0.1, -0.05) is 0 Å². The van der Waals surface area contributed by atoms with E-state index in [9.17, 15) is 9.18 Å². The smallest absolute Gasteiger partial charge is 0.244 e. The third-order valence-corrected chi connectivity index (χ3v) is 2.59. The van der Waals surface area contributed by atoms with Crippen molar-refractivity contribution in [3.63, 3.8) is 0 Å². The number of carbonyl (C=O) groups is 1. The highest BCUT2D eigenvalue weighted by molar-refractivity contribution is 6.00. The molecule has 0 radical (unpaired) electrons. The minimum atomic E-state index is -0.777. The van der Waals surface area contributed by atoms with E-state index in [0.717, 1.165) is 6.07 Å². The zero-order valence-corrected chi connectivity index (χ0v) is 8.46. The minimum Gasteiger partial charge on any atom is -0.324 e. The van der Waals surface area contributed by atoms with Crippen LogP contribution in [-0.2, 0) is 4.79 Å². The van der Waals surface area contributed by atoms with Crippen molar-refractivity contribution in [1.82, 2.24) is 0 Å². The molecule has 1 aromatic carbocycles. The predicted molar refractivity (Wildman–Crippen MR) is 55.9 cm³/mol. The minimum absolute atomic E-state index is 0.0975. The van der Waals surface area contributed by atoms with E-state index < -0.39 is 11.4 Å². The molecule has 0 aliphatic heterocycles. The largest absolute Gasteiger partial charge is 0.324 e. The number of nitrogens with one attached hydrogen (secondary N) is 1. The molecule has 16 heavy (non-hydrogen) atoms. The molecule has 2 rings (SSSR count). The summed E-state index contributed by atoms with van der Waals surface area (Å²) in [5, 5.41) is 11.2. The first kappa shape index (κ1) is 10.6. The van der Waals surface area contributed by atoms with E-state index >= 15 is 0 Å². The maximum absolute atomic E-state index is 13.0. The van der Waals surface area contributed by atoms with Crippen molar-refractivity contribution >= 4 is 11.6 Å². The average molecular weight is 219 g/mol. The highest BCUT2D eigenvalue weighted by Gasteiger charge is 2.45. The summed E-state index contributed by atoms with van der Waals surface area (Å²) in [6.07, 6.45) is 1.32. The first-order valence-corrected chi connectivity index (χ1v) is 4.85. The van der Waals surface area contributed by atoms with Crippen molar-refractivity contribution in [1.29, 1.82) is 5.26 Å². The topological polar surface area (TPSA) is 78.9 Å². The van der Waals surface area contributed by atoms with Gasteiger partial charge in [-0.15, -0.1) is 0 Å². The van der Waals surface area contributed by atoms with E-state index in [1.165, 1.54) is 12.1 Å². The molecule has 1 aromatic rings.